The number of nitrogens with zero attached hydrogens (tertiary/aromatic N) is 2. The summed E-state index contributed by atoms with van der Waals surface area (Å²) < 4.78 is 5.14. The number of anilines is 1. The fraction of sp³-hybridized carbons (Fsp3) is 0.333. The SMILES string of the molecule is Nc1cccc(CCC(=O)N2CCN(C(=O)c3ccco3)CC2)c1. The summed E-state index contributed by atoms with van der Waals surface area (Å²) in [6.07, 6.45) is 2.62. The van der Waals surface area contributed by atoms with E-state index in [0.29, 0.717) is 50.5 Å². The van der Waals surface area contributed by atoms with Gasteiger partial charge in [-0.15, -0.1) is 0 Å². The molecule has 0 spiro atoms. The van der Waals surface area contributed by atoms with Gasteiger partial charge in [0.1, 0.15) is 0 Å². The van der Waals surface area contributed by atoms with Gasteiger partial charge >= 0.3 is 0 Å². The molecule has 0 bridgehead atoms. The summed E-state index contributed by atoms with van der Waals surface area (Å²) >= 11 is 0. The summed E-state index contributed by atoms with van der Waals surface area (Å²) in [7, 11) is 0. The topological polar surface area (TPSA) is 79.8 Å². The molecule has 2 N–H and O–H groups in total. The molecule has 2 amide bonds. The molecule has 126 valence electrons. The molecule has 0 unspecified atom stereocenters. The van der Waals surface area contributed by atoms with Crippen molar-refractivity contribution >= 4 is 17.5 Å². The Labute approximate surface area is 140 Å². The monoisotopic (exact) mass is 327 g/mol. The number of rotatable bonds is 4. The normalized spacial score (nSPS) is 14.7. The van der Waals surface area contributed by atoms with Crippen LogP contribution in [-0.4, -0.2) is 47.8 Å². The number of benzene rings is 1. The highest BCUT2D eigenvalue weighted by Gasteiger charge is 2.25. The Bertz CT molecular complexity index is 704. The molecule has 0 atom stereocenters. The van der Waals surface area contributed by atoms with Gasteiger partial charge in [0.2, 0.25) is 5.91 Å². The number of carbonyl (C=O) groups is 2. The van der Waals surface area contributed by atoms with Crippen LogP contribution in [0.1, 0.15) is 22.5 Å². The van der Waals surface area contributed by atoms with Crippen molar-refractivity contribution in [1.29, 1.82) is 0 Å². The van der Waals surface area contributed by atoms with Crippen molar-refractivity contribution in [3.8, 4) is 0 Å². The summed E-state index contributed by atoms with van der Waals surface area (Å²) in [6.45, 7) is 2.18. The summed E-state index contributed by atoms with van der Waals surface area (Å²) in [5.41, 5.74) is 7.53. The molecule has 1 aliphatic rings. The number of nitrogen functional groups attached to an aromatic ring is 1. The van der Waals surface area contributed by atoms with E-state index in [9.17, 15) is 9.59 Å². The molecule has 2 aromatic rings. The Morgan fingerprint density at radius 1 is 1.04 bits per heavy atom. The van der Waals surface area contributed by atoms with E-state index < -0.39 is 0 Å². The molecule has 24 heavy (non-hydrogen) atoms. The van der Waals surface area contributed by atoms with E-state index in [4.69, 9.17) is 10.2 Å². The van der Waals surface area contributed by atoms with Crippen molar-refractivity contribution in [3.05, 3.63) is 54.0 Å². The van der Waals surface area contributed by atoms with Crippen molar-refractivity contribution in [2.45, 2.75) is 12.8 Å². The number of carbonyl (C=O) groups excluding carboxylic acids is 2. The molecule has 1 saturated heterocycles. The van der Waals surface area contributed by atoms with Gasteiger partial charge in [-0.3, -0.25) is 9.59 Å². The number of furan rings is 1. The molecule has 2 heterocycles. The standard InChI is InChI=1S/C18H21N3O3/c19-15-4-1-3-14(13-15)6-7-17(22)20-8-10-21(11-9-20)18(23)16-5-2-12-24-16/h1-5,12-13H,6-11,19H2. The lowest BCUT2D eigenvalue weighted by molar-refractivity contribution is -0.132. The molecule has 0 radical (unpaired) electrons. The Morgan fingerprint density at radius 3 is 2.46 bits per heavy atom. The first kappa shape index (κ1) is 16.1. The Hall–Kier alpha value is -2.76. The van der Waals surface area contributed by atoms with E-state index in [1.165, 1.54) is 6.26 Å². The molecular formula is C18H21N3O3. The lowest BCUT2D eigenvalue weighted by Gasteiger charge is -2.34. The zero-order valence-corrected chi connectivity index (χ0v) is 13.5. The summed E-state index contributed by atoms with van der Waals surface area (Å²) in [5, 5.41) is 0. The first-order valence-corrected chi connectivity index (χ1v) is 8.08. The maximum absolute atomic E-state index is 12.3. The van der Waals surface area contributed by atoms with Gasteiger partial charge in [0.25, 0.3) is 5.91 Å². The van der Waals surface area contributed by atoms with E-state index in [2.05, 4.69) is 0 Å². The minimum absolute atomic E-state index is 0.113. The van der Waals surface area contributed by atoms with Crippen molar-refractivity contribution in [2.75, 3.05) is 31.9 Å². The highest BCUT2D eigenvalue weighted by Crippen LogP contribution is 2.12. The van der Waals surface area contributed by atoms with Crippen LogP contribution >= 0.6 is 0 Å². The average Bonchev–Trinajstić information content (AvgIpc) is 3.14. The van der Waals surface area contributed by atoms with Crippen LogP contribution in [0.2, 0.25) is 0 Å². The zero-order chi connectivity index (χ0) is 16.9. The summed E-state index contributed by atoms with van der Waals surface area (Å²) in [4.78, 5) is 28.1. The molecule has 0 saturated carbocycles. The van der Waals surface area contributed by atoms with E-state index in [-0.39, 0.29) is 11.8 Å². The van der Waals surface area contributed by atoms with Crippen molar-refractivity contribution < 1.29 is 14.0 Å². The fourth-order valence-electron chi connectivity index (χ4n) is 2.87. The molecular weight excluding hydrogens is 306 g/mol. The third kappa shape index (κ3) is 3.76. The zero-order valence-electron chi connectivity index (χ0n) is 13.5. The first-order chi connectivity index (χ1) is 11.6. The van der Waals surface area contributed by atoms with Crippen LogP contribution in [0.5, 0.6) is 0 Å². The van der Waals surface area contributed by atoms with Crippen LogP contribution in [0.15, 0.2) is 47.1 Å². The largest absolute Gasteiger partial charge is 0.459 e. The van der Waals surface area contributed by atoms with E-state index in [1.807, 2.05) is 29.2 Å². The lowest BCUT2D eigenvalue weighted by atomic mass is 10.1. The smallest absolute Gasteiger partial charge is 0.289 e. The molecule has 6 nitrogen and oxygen atoms in total. The van der Waals surface area contributed by atoms with Crippen LogP contribution < -0.4 is 5.73 Å². The number of piperazine rings is 1. The van der Waals surface area contributed by atoms with Crippen molar-refractivity contribution in [1.82, 2.24) is 9.80 Å². The maximum Gasteiger partial charge on any atom is 0.289 e. The van der Waals surface area contributed by atoms with Gasteiger partial charge in [0.05, 0.1) is 6.26 Å². The molecule has 1 fully saturated rings. The predicted octanol–water partition coefficient (Wildman–Crippen LogP) is 1.78. The predicted molar refractivity (Wildman–Crippen MR) is 90.4 cm³/mol. The third-order valence-corrected chi connectivity index (χ3v) is 4.23. The van der Waals surface area contributed by atoms with Gasteiger partial charge in [-0.1, -0.05) is 12.1 Å². The van der Waals surface area contributed by atoms with Gasteiger partial charge in [-0.25, -0.2) is 0 Å². The van der Waals surface area contributed by atoms with Crippen LogP contribution in [0.25, 0.3) is 0 Å². The Morgan fingerprint density at radius 2 is 1.79 bits per heavy atom. The van der Waals surface area contributed by atoms with E-state index in [0.717, 1.165) is 5.56 Å². The molecule has 3 rings (SSSR count). The minimum atomic E-state index is -0.119. The molecule has 1 aromatic heterocycles. The second kappa shape index (κ2) is 7.21. The Balaban J connectivity index is 1.47. The van der Waals surface area contributed by atoms with E-state index in [1.54, 1.807) is 17.0 Å². The Kier molecular flexibility index (Phi) is 4.84. The third-order valence-electron chi connectivity index (χ3n) is 4.23. The number of hydrogen-bond acceptors (Lipinski definition) is 4. The van der Waals surface area contributed by atoms with Gasteiger partial charge in [0, 0.05) is 38.3 Å². The quantitative estimate of drug-likeness (QED) is 0.868. The molecule has 6 heteroatoms. The van der Waals surface area contributed by atoms with E-state index >= 15 is 0 Å². The first-order valence-electron chi connectivity index (χ1n) is 8.08. The molecule has 1 aliphatic heterocycles. The van der Waals surface area contributed by atoms with Gasteiger partial charge in [-0.05, 0) is 36.2 Å². The lowest BCUT2D eigenvalue weighted by Crippen LogP contribution is -2.50. The molecule has 0 aliphatic carbocycles. The van der Waals surface area contributed by atoms with Gasteiger partial charge < -0.3 is 20.0 Å². The van der Waals surface area contributed by atoms with Crippen molar-refractivity contribution in [2.24, 2.45) is 0 Å². The second-order valence-electron chi connectivity index (χ2n) is 5.90. The van der Waals surface area contributed by atoms with Gasteiger partial charge in [0.15, 0.2) is 5.76 Å². The number of nitrogens with two attached hydrogens (primary N) is 1. The fourth-order valence-corrected chi connectivity index (χ4v) is 2.87. The summed E-state index contributed by atoms with van der Waals surface area (Å²) in [5.74, 6) is 0.339. The van der Waals surface area contributed by atoms with Gasteiger partial charge in [-0.2, -0.15) is 0 Å². The molecule has 1 aromatic carbocycles. The van der Waals surface area contributed by atoms with Crippen LogP contribution in [0.4, 0.5) is 5.69 Å². The number of hydrogen-bond donors (Lipinski definition) is 1. The average molecular weight is 327 g/mol. The minimum Gasteiger partial charge on any atom is -0.459 e. The van der Waals surface area contributed by atoms with Crippen LogP contribution in [0, 0.1) is 0 Å². The number of aryl methyl sites for hydroxylation is 1. The second-order valence-corrected chi connectivity index (χ2v) is 5.90. The maximum atomic E-state index is 12.3. The highest BCUT2D eigenvalue weighted by atomic mass is 16.3. The van der Waals surface area contributed by atoms with Crippen LogP contribution in [-0.2, 0) is 11.2 Å². The summed E-state index contributed by atoms with van der Waals surface area (Å²) in [6, 6.07) is 11.0. The highest BCUT2D eigenvalue weighted by molar-refractivity contribution is 5.91. The van der Waals surface area contributed by atoms with Crippen LogP contribution in [0.3, 0.4) is 0 Å². The van der Waals surface area contributed by atoms with Crippen molar-refractivity contribution in [3.63, 3.8) is 0 Å². The number of amides is 2.